The summed E-state index contributed by atoms with van der Waals surface area (Å²) in [7, 11) is 1.48. The summed E-state index contributed by atoms with van der Waals surface area (Å²) in [5.41, 5.74) is 8.33. The van der Waals surface area contributed by atoms with Crippen molar-refractivity contribution in [3.63, 3.8) is 0 Å². The zero-order valence-electron chi connectivity index (χ0n) is 11.8. The number of rotatable bonds is 5. The molecule has 110 valence electrons. The Morgan fingerprint density at radius 2 is 1.95 bits per heavy atom. The monoisotopic (exact) mass is 286 g/mol. The number of methoxy groups -OCH3 is 1. The molecule has 1 amide bonds. The number of carbonyl (C=O) groups is 1. The molecular weight excluding hydrogens is 268 g/mol. The lowest BCUT2D eigenvalue weighted by molar-refractivity contribution is 0.0948. The predicted octanol–water partition coefficient (Wildman–Crippen LogP) is 1.70. The van der Waals surface area contributed by atoms with Crippen molar-refractivity contribution in [1.82, 2.24) is 5.32 Å². The molecule has 21 heavy (non-hydrogen) atoms. The lowest BCUT2D eigenvalue weighted by Gasteiger charge is -2.11. The zero-order valence-corrected chi connectivity index (χ0v) is 11.8. The fourth-order valence-corrected chi connectivity index (χ4v) is 2.08. The lowest BCUT2D eigenvalue weighted by Crippen LogP contribution is -2.23. The molecule has 2 rings (SSSR count). The van der Waals surface area contributed by atoms with Crippen LogP contribution in [0.3, 0.4) is 0 Å². The van der Waals surface area contributed by atoms with E-state index in [1.165, 1.54) is 7.11 Å². The molecule has 0 saturated heterocycles. The van der Waals surface area contributed by atoms with Crippen molar-refractivity contribution in [1.29, 1.82) is 0 Å². The van der Waals surface area contributed by atoms with E-state index < -0.39 is 0 Å². The van der Waals surface area contributed by atoms with Gasteiger partial charge >= 0.3 is 0 Å². The number of amides is 1. The highest BCUT2D eigenvalue weighted by Crippen LogP contribution is 2.25. The summed E-state index contributed by atoms with van der Waals surface area (Å²) in [4.78, 5) is 12.2. The molecule has 0 spiro atoms. The van der Waals surface area contributed by atoms with Gasteiger partial charge in [-0.1, -0.05) is 30.3 Å². The molecule has 0 heterocycles. The highest BCUT2D eigenvalue weighted by atomic mass is 16.5. The molecule has 0 saturated carbocycles. The fourth-order valence-electron chi connectivity index (χ4n) is 2.08. The SMILES string of the molecule is COc1c(N)cccc1C(=O)NCc1cccc(CO)c1. The van der Waals surface area contributed by atoms with Gasteiger partial charge in [0.1, 0.15) is 0 Å². The van der Waals surface area contributed by atoms with Gasteiger partial charge in [0.2, 0.25) is 0 Å². The van der Waals surface area contributed by atoms with E-state index in [9.17, 15) is 4.79 Å². The number of nitrogen functional groups attached to an aromatic ring is 1. The van der Waals surface area contributed by atoms with Gasteiger partial charge in [0.05, 0.1) is 25.0 Å². The predicted molar refractivity (Wildman–Crippen MR) is 80.9 cm³/mol. The van der Waals surface area contributed by atoms with Crippen molar-refractivity contribution < 1.29 is 14.6 Å². The number of benzene rings is 2. The van der Waals surface area contributed by atoms with Gasteiger partial charge in [0.15, 0.2) is 5.75 Å². The smallest absolute Gasteiger partial charge is 0.255 e. The van der Waals surface area contributed by atoms with E-state index >= 15 is 0 Å². The molecular formula is C16H18N2O3. The van der Waals surface area contributed by atoms with Crippen LogP contribution in [0.5, 0.6) is 5.75 Å². The van der Waals surface area contributed by atoms with Gasteiger partial charge in [-0.05, 0) is 23.3 Å². The highest BCUT2D eigenvalue weighted by molar-refractivity contribution is 5.98. The highest BCUT2D eigenvalue weighted by Gasteiger charge is 2.13. The molecule has 0 aliphatic carbocycles. The number of nitrogens with two attached hydrogens (primary N) is 1. The first-order valence-electron chi connectivity index (χ1n) is 6.55. The van der Waals surface area contributed by atoms with Crippen molar-refractivity contribution in [2.24, 2.45) is 0 Å². The van der Waals surface area contributed by atoms with Crippen molar-refractivity contribution >= 4 is 11.6 Å². The first-order valence-corrected chi connectivity index (χ1v) is 6.55. The Labute approximate surface area is 123 Å². The summed E-state index contributed by atoms with van der Waals surface area (Å²) in [5.74, 6) is 0.118. The van der Waals surface area contributed by atoms with Gasteiger partial charge in [-0.3, -0.25) is 4.79 Å². The molecule has 5 heteroatoms. The molecule has 0 unspecified atom stereocenters. The first kappa shape index (κ1) is 14.9. The molecule has 2 aromatic carbocycles. The molecule has 5 nitrogen and oxygen atoms in total. The molecule has 0 atom stereocenters. The maximum absolute atomic E-state index is 12.2. The number of nitrogens with one attached hydrogen (secondary N) is 1. The van der Waals surface area contributed by atoms with Crippen LogP contribution in [0.25, 0.3) is 0 Å². The van der Waals surface area contributed by atoms with E-state index in [0.717, 1.165) is 11.1 Å². The number of para-hydroxylation sites is 1. The summed E-state index contributed by atoms with van der Waals surface area (Å²) < 4.78 is 5.17. The average Bonchev–Trinajstić information content (AvgIpc) is 2.52. The summed E-state index contributed by atoms with van der Waals surface area (Å²) in [5, 5.41) is 11.9. The quantitative estimate of drug-likeness (QED) is 0.730. The molecule has 2 aromatic rings. The number of carbonyl (C=O) groups excluding carboxylic acids is 1. The molecule has 0 aromatic heterocycles. The minimum atomic E-state index is -0.256. The Balaban J connectivity index is 2.10. The van der Waals surface area contributed by atoms with Gasteiger partial charge in [-0.2, -0.15) is 0 Å². The molecule has 0 aliphatic heterocycles. The van der Waals surface area contributed by atoms with Gasteiger partial charge in [0.25, 0.3) is 5.91 Å². The van der Waals surface area contributed by atoms with Crippen LogP contribution < -0.4 is 15.8 Å². The van der Waals surface area contributed by atoms with Crippen LogP contribution in [0, 0.1) is 0 Å². The van der Waals surface area contributed by atoms with Crippen LogP contribution in [0.15, 0.2) is 42.5 Å². The van der Waals surface area contributed by atoms with Gasteiger partial charge in [0, 0.05) is 6.54 Å². The van der Waals surface area contributed by atoms with E-state index in [-0.39, 0.29) is 12.5 Å². The third-order valence-corrected chi connectivity index (χ3v) is 3.12. The van der Waals surface area contributed by atoms with Crippen LogP contribution in [0.4, 0.5) is 5.69 Å². The zero-order chi connectivity index (χ0) is 15.2. The Hall–Kier alpha value is -2.53. The topological polar surface area (TPSA) is 84.6 Å². The number of aliphatic hydroxyl groups excluding tert-OH is 1. The summed E-state index contributed by atoms with van der Waals surface area (Å²) >= 11 is 0. The molecule has 0 bridgehead atoms. The molecule has 0 radical (unpaired) electrons. The molecule has 0 aliphatic rings. The number of anilines is 1. The number of aliphatic hydroxyl groups is 1. The fraction of sp³-hybridized carbons (Fsp3) is 0.188. The summed E-state index contributed by atoms with van der Waals surface area (Å²) in [6.07, 6.45) is 0. The van der Waals surface area contributed by atoms with E-state index in [2.05, 4.69) is 5.32 Å². The van der Waals surface area contributed by atoms with Crippen LogP contribution in [-0.2, 0) is 13.2 Å². The molecule has 4 N–H and O–H groups in total. The number of hydrogen-bond donors (Lipinski definition) is 3. The van der Waals surface area contributed by atoms with Crippen molar-refractivity contribution in [2.75, 3.05) is 12.8 Å². The second-order valence-electron chi connectivity index (χ2n) is 4.59. The Morgan fingerprint density at radius 1 is 1.24 bits per heavy atom. The van der Waals surface area contributed by atoms with Crippen LogP contribution in [-0.4, -0.2) is 18.1 Å². The van der Waals surface area contributed by atoms with E-state index in [4.69, 9.17) is 15.6 Å². The van der Waals surface area contributed by atoms with Crippen LogP contribution in [0.1, 0.15) is 21.5 Å². The molecule has 0 fully saturated rings. The van der Waals surface area contributed by atoms with Gasteiger partial charge in [-0.15, -0.1) is 0 Å². The van der Waals surface area contributed by atoms with Gasteiger partial charge < -0.3 is 20.9 Å². The maximum Gasteiger partial charge on any atom is 0.255 e. The Morgan fingerprint density at radius 3 is 2.67 bits per heavy atom. The standard InChI is InChI=1S/C16H18N2O3/c1-21-15-13(6-3-7-14(15)17)16(20)18-9-11-4-2-5-12(8-11)10-19/h2-8,19H,9-10,17H2,1H3,(H,18,20). The average molecular weight is 286 g/mol. The Kier molecular flexibility index (Phi) is 4.79. The van der Waals surface area contributed by atoms with Crippen LogP contribution >= 0.6 is 0 Å². The normalized spacial score (nSPS) is 10.2. The minimum Gasteiger partial charge on any atom is -0.494 e. The third kappa shape index (κ3) is 3.52. The van der Waals surface area contributed by atoms with Crippen molar-refractivity contribution in [2.45, 2.75) is 13.2 Å². The largest absolute Gasteiger partial charge is 0.494 e. The summed E-state index contributed by atoms with van der Waals surface area (Å²) in [6, 6.07) is 12.4. The number of ether oxygens (including phenoxy) is 1. The second-order valence-corrected chi connectivity index (χ2v) is 4.59. The van der Waals surface area contributed by atoms with Crippen molar-refractivity contribution in [3.05, 3.63) is 59.2 Å². The minimum absolute atomic E-state index is 0.0230. The van der Waals surface area contributed by atoms with E-state index in [0.29, 0.717) is 23.5 Å². The van der Waals surface area contributed by atoms with Crippen molar-refractivity contribution in [3.8, 4) is 5.75 Å². The third-order valence-electron chi connectivity index (χ3n) is 3.12. The first-order chi connectivity index (χ1) is 10.2. The number of hydrogen-bond acceptors (Lipinski definition) is 4. The maximum atomic E-state index is 12.2. The lowest BCUT2D eigenvalue weighted by atomic mass is 10.1. The van der Waals surface area contributed by atoms with E-state index in [1.54, 1.807) is 18.2 Å². The second kappa shape index (κ2) is 6.76. The summed E-state index contributed by atoms with van der Waals surface area (Å²) in [6.45, 7) is 0.343. The Bertz CT molecular complexity index is 641. The van der Waals surface area contributed by atoms with Gasteiger partial charge in [-0.25, -0.2) is 0 Å². The van der Waals surface area contributed by atoms with Crippen LogP contribution in [0.2, 0.25) is 0 Å². The van der Waals surface area contributed by atoms with E-state index in [1.807, 2.05) is 24.3 Å².